The van der Waals surface area contributed by atoms with Gasteiger partial charge in [0.15, 0.2) is 5.82 Å². The molecule has 0 unspecified atom stereocenters. The first-order chi connectivity index (χ1) is 15.9. The maximum absolute atomic E-state index is 13.2. The molecule has 1 aromatic heterocycles. The minimum Gasteiger partial charge on any atom is -0.491 e. The van der Waals surface area contributed by atoms with Gasteiger partial charge in [0.2, 0.25) is 11.8 Å². The third-order valence-corrected chi connectivity index (χ3v) is 5.59. The second kappa shape index (κ2) is 10.2. The third-order valence-electron chi connectivity index (χ3n) is 5.59. The zero-order valence-corrected chi connectivity index (χ0v) is 18.9. The molecule has 0 spiro atoms. The highest BCUT2D eigenvalue weighted by Gasteiger charge is 2.33. The van der Waals surface area contributed by atoms with Gasteiger partial charge in [0.25, 0.3) is 0 Å². The number of ether oxygens (including phenoxy) is 3. The molecule has 1 aliphatic carbocycles. The van der Waals surface area contributed by atoms with Crippen LogP contribution in [0.1, 0.15) is 49.9 Å². The molecule has 0 atom stereocenters. The fraction of sp³-hybridized carbons (Fsp3) is 0.500. The predicted octanol–water partition coefficient (Wildman–Crippen LogP) is 3.92. The Morgan fingerprint density at radius 3 is 2.42 bits per heavy atom. The van der Waals surface area contributed by atoms with E-state index in [2.05, 4.69) is 9.97 Å². The van der Waals surface area contributed by atoms with Crippen molar-refractivity contribution in [3.8, 4) is 17.4 Å². The van der Waals surface area contributed by atoms with Crippen LogP contribution in [0.2, 0.25) is 0 Å². The highest BCUT2D eigenvalue weighted by atomic mass is 16.5. The van der Waals surface area contributed by atoms with Gasteiger partial charge in [-0.1, -0.05) is 0 Å². The Kier molecular flexibility index (Phi) is 7.08. The standard InChI is InChI=1S/C24H29N3O6/c1-15(2)32-19-9-18(24(29)30)10-20(11-19)33-22-13-25-21(12-26-22)27(14-16-3-4-16)23(28)17-5-7-31-8-6-17/h9-13,15-17H,3-8,14H2,1-2H3,(H,29,30). The Morgan fingerprint density at radius 2 is 1.82 bits per heavy atom. The summed E-state index contributed by atoms with van der Waals surface area (Å²) in [5, 5.41) is 9.38. The van der Waals surface area contributed by atoms with Crippen molar-refractivity contribution in [2.45, 2.75) is 45.6 Å². The lowest BCUT2D eigenvalue weighted by Crippen LogP contribution is -2.40. The van der Waals surface area contributed by atoms with Crippen LogP contribution >= 0.6 is 0 Å². The number of aromatic carboxylic acids is 1. The Morgan fingerprint density at radius 1 is 1.09 bits per heavy atom. The number of aromatic nitrogens is 2. The molecule has 2 heterocycles. The van der Waals surface area contributed by atoms with Crippen molar-refractivity contribution in [1.29, 1.82) is 0 Å². The molecule has 1 N–H and O–H groups in total. The summed E-state index contributed by atoms with van der Waals surface area (Å²) in [7, 11) is 0. The number of carbonyl (C=O) groups excluding carboxylic acids is 1. The molecule has 1 amide bonds. The number of nitrogens with zero attached hydrogens (tertiary/aromatic N) is 3. The Bertz CT molecular complexity index is 984. The molecule has 0 radical (unpaired) electrons. The smallest absolute Gasteiger partial charge is 0.335 e. The number of amides is 1. The highest BCUT2D eigenvalue weighted by Crippen LogP contribution is 2.33. The lowest BCUT2D eigenvalue weighted by atomic mass is 9.98. The van der Waals surface area contributed by atoms with Crippen molar-refractivity contribution in [1.82, 2.24) is 9.97 Å². The van der Waals surface area contributed by atoms with Crippen LogP contribution in [-0.2, 0) is 9.53 Å². The molecule has 9 nitrogen and oxygen atoms in total. The van der Waals surface area contributed by atoms with E-state index in [4.69, 9.17) is 14.2 Å². The van der Waals surface area contributed by atoms with Crippen LogP contribution in [0.25, 0.3) is 0 Å². The van der Waals surface area contributed by atoms with Crippen LogP contribution < -0.4 is 14.4 Å². The monoisotopic (exact) mass is 455 g/mol. The Labute approximate surface area is 192 Å². The molecule has 33 heavy (non-hydrogen) atoms. The number of rotatable bonds is 9. The molecule has 1 aromatic carbocycles. The van der Waals surface area contributed by atoms with Gasteiger partial charge in [-0.25, -0.2) is 14.8 Å². The number of hydrogen-bond acceptors (Lipinski definition) is 7. The minimum atomic E-state index is -1.09. The lowest BCUT2D eigenvalue weighted by molar-refractivity contribution is -0.125. The SMILES string of the molecule is CC(C)Oc1cc(Oc2cnc(N(CC3CC3)C(=O)C3CCOCC3)cn2)cc(C(=O)O)c1. The van der Waals surface area contributed by atoms with Crippen molar-refractivity contribution in [2.24, 2.45) is 11.8 Å². The van der Waals surface area contributed by atoms with E-state index in [1.165, 1.54) is 24.5 Å². The van der Waals surface area contributed by atoms with Gasteiger partial charge in [0.05, 0.1) is 24.1 Å². The van der Waals surface area contributed by atoms with Crippen LogP contribution in [0.3, 0.4) is 0 Å². The van der Waals surface area contributed by atoms with Crippen LogP contribution in [-0.4, -0.2) is 52.8 Å². The van der Waals surface area contributed by atoms with Gasteiger partial charge < -0.3 is 19.3 Å². The average Bonchev–Trinajstić information content (AvgIpc) is 3.62. The minimum absolute atomic E-state index is 0.0467. The summed E-state index contributed by atoms with van der Waals surface area (Å²) in [5.41, 5.74) is 0.0467. The van der Waals surface area contributed by atoms with E-state index >= 15 is 0 Å². The largest absolute Gasteiger partial charge is 0.491 e. The fourth-order valence-corrected chi connectivity index (χ4v) is 3.74. The predicted molar refractivity (Wildman–Crippen MR) is 120 cm³/mol. The number of carbonyl (C=O) groups is 2. The first-order valence-electron chi connectivity index (χ1n) is 11.3. The van der Waals surface area contributed by atoms with Gasteiger partial charge in [-0.15, -0.1) is 0 Å². The zero-order chi connectivity index (χ0) is 23.4. The number of carboxylic acids is 1. The summed E-state index contributed by atoms with van der Waals surface area (Å²) < 4.78 is 16.8. The molecular formula is C24H29N3O6. The molecule has 176 valence electrons. The van der Waals surface area contributed by atoms with Crippen LogP contribution in [0.15, 0.2) is 30.6 Å². The summed E-state index contributed by atoms with van der Waals surface area (Å²) in [5.74, 6) is 0.784. The molecule has 0 bridgehead atoms. The van der Waals surface area contributed by atoms with Gasteiger partial charge in [-0.2, -0.15) is 0 Å². The highest BCUT2D eigenvalue weighted by molar-refractivity contribution is 5.94. The van der Waals surface area contributed by atoms with Gasteiger partial charge in [-0.05, 0) is 57.6 Å². The van der Waals surface area contributed by atoms with E-state index < -0.39 is 5.97 Å². The second-order valence-corrected chi connectivity index (χ2v) is 8.76. The molecule has 4 rings (SSSR count). The molecule has 9 heteroatoms. The number of hydrogen-bond donors (Lipinski definition) is 1. The molecule has 2 aliphatic rings. The molecule has 1 aliphatic heterocycles. The molecular weight excluding hydrogens is 426 g/mol. The molecule has 1 saturated heterocycles. The van der Waals surface area contributed by atoms with E-state index in [-0.39, 0.29) is 35.1 Å². The lowest BCUT2D eigenvalue weighted by Gasteiger charge is -2.28. The number of benzene rings is 1. The maximum atomic E-state index is 13.2. The van der Waals surface area contributed by atoms with Crippen molar-refractivity contribution in [2.75, 3.05) is 24.7 Å². The quantitative estimate of drug-likeness (QED) is 0.606. The first kappa shape index (κ1) is 23.0. The zero-order valence-electron chi connectivity index (χ0n) is 18.9. The second-order valence-electron chi connectivity index (χ2n) is 8.76. The summed E-state index contributed by atoms with van der Waals surface area (Å²) >= 11 is 0. The van der Waals surface area contributed by atoms with E-state index in [0.717, 1.165) is 25.7 Å². The van der Waals surface area contributed by atoms with E-state index in [0.29, 0.717) is 37.2 Å². The van der Waals surface area contributed by atoms with E-state index in [1.807, 2.05) is 13.8 Å². The Balaban J connectivity index is 1.51. The number of carboxylic acid groups (broad SMARTS) is 1. The summed E-state index contributed by atoms with van der Waals surface area (Å²) in [6, 6.07) is 4.46. The van der Waals surface area contributed by atoms with Gasteiger partial charge in [0.1, 0.15) is 11.5 Å². The van der Waals surface area contributed by atoms with Crippen LogP contribution in [0.4, 0.5) is 5.82 Å². The molecule has 1 saturated carbocycles. The van der Waals surface area contributed by atoms with Crippen molar-refractivity contribution < 1.29 is 28.9 Å². The van der Waals surface area contributed by atoms with Crippen molar-refractivity contribution >= 4 is 17.7 Å². The van der Waals surface area contributed by atoms with Gasteiger partial charge in [0, 0.05) is 31.7 Å². The van der Waals surface area contributed by atoms with Crippen LogP contribution in [0, 0.1) is 11.8 Å². The Hall–Kier alpha value is -3.20. The summed E-state index contributed by atoms with van der Waals surface area (Å²) in [6.07, 6.45) is 6.53. The van der Waals surface area contributed by atoms with Gasteiger partial charge >= 0.3 is 5.97 Å². The molecule has 2 aromatic rings. The fourth-order valence-electron chi connectivity index (χ4n) is 3.74. The van der Waals surface area contributed by atoms with E-state index in [1.54, 1.807) is 11.0 Å². The summed E-state index contributed by atoms with van der Waals surface area (Å²) in [6.45, 7) is 5.55. The van der Waals surface area contributed by atoms with Crippen molar-refractivity contribution in [3.63, 3.8) is 0 Å². The normalized spacial score (nSPS) is 16.5. The first-order valence-corrected chi connectivity index (χ1v) is 11.3. The van der Waals surface area contributed by atoms with E-state index in [9.17, 15) is 14.7 Å². The third kappa shape index (κ3) is 6.19. The number of anilines is 1. The maximum Gasteiger partial charge on any atom is 0.335 e. The van der Waals surface area contributed by atoms with Crippen LogP contribution in [0.5, 0.6) is 17.4 Å². The van der Waals surface area contributed by atoms with Crippen molar-refractivity contribution in [3.05, 3.63) is 36.2 Å². The average molecular weight is 456 g/mol. The molecule has 2 fully saturated rings. The summed E-state index contributed by atoms with van der Waals surface area (Å²) in [4.78, 5) is 35.1. The van der Waals surface area contributed by atoms with Gasteiger partial charge in [-0.3, -0.25) is 9.69 Å². The topological polar surface area (TPSA) is 111 Å².